The van der Waals surface area contributed by atoms with Gasteiger partial charge in [-0.05, 0) is 49.2 Å². The number of rotatable bonds is 6. The third kappa shape index (κ3) is 4.16. The van der Waals surface area contributed by atoms with Gasteiger partial charge in [-0.15, -0.1) is 0 Å². The van der Waals surface area contributed by atoms with Gasteiger partial charge in [0.05, 0.1) is 24.8 Å². The summed E-state index contributed by atoms with van der Waals surface area (Å²) < 4.78 is 38.2. The molecule has 8 heteroatoms. The summed E-state index contributed by atoms with van der Waals surface area (Å²) in [5, 5.41) is 0. The highest BCUT2D eigenvalue weighted by molar-refractivity contribution is 7.92. The van der Waals surface area contributed by atoms with Crippen LogP contribution >= 0.6 is 0 Å². The van der Waals surface area contributed by atoms with Crippen molar-refractivity contribution in [2.75, 3.05) is 30.4 Å². The van der Waals surface area contributed by atoms with Crippen LogP contribution in [0.1, 0.15) is 19.3 Å². The van der Waals surface area contributed by atoms with Gasteiger partial charge in [0.15, 0.2) is 11.5 Å². The number of ether oxygens (including phenoxy) is 2. The van der Waals surface area contributed by atoms with E-state index in [4.69, 9.17) is 9.47 Å². The van der Waals surface area contributed by atoms with Crippen molar-refractivity contribution in [3.05, 3.63) is 42.5 Å². The van der Waals surface area contributed by atoms with E-state index in [0.717, 1.165) is 12.8 Å². The Bertz CT molecular complexity index is 926. The van der Waals surface area contributed by atoms with Gasteiger partial charge in [-0.25, -0.2) is 8.42 Å². The SMILES string of the molecule is COc1ccc(NS(=O)(=O)c2ccc(N3CCCCC3=O)cc2)cc1OC. The van der Waals surface area contributed by atoms with Crippen molar-refractivity contribution >= 4 is 27.3 Å². The van der Waals surface area contributed by atoms with Gasteiger partial charge in [0.25, 0.3) is 10.0 Å². The van der Waals surface area contributed by atoms with Gasteiger partial charge in [-0.3, -0.25) is 9.52 Å². The summed E-state index contributed by atoms with van der Waals surface area (Å²) in [6.07, 6.45) is 2.38. The maximum absolute atomic E-state index is 12.6. The first-order valence-corrected chi connectivity index (χ1v) is 10.1. The molecular weight excluding hydrogens is 368 g/mol. The lowest BCUT2D eigenvalue weighted by Gasteiger charge is -2.26. The summed E-state index contributed by atoms with van der Waals surface area (Å²) >= 11 is 0. The van der Waals surface area contributed by atoms with Crippen molar-refractivity contribution < 1.29 is 22.7 Å². The standard InChI is InChI=1S/C19H22N2O5S/c1-25-17-11-6-14(13-18(17)26-2)20-27(23,24)16-9-7-15(8-10-16)21-12-4-3-5-19(21)22/h6-11,13,20H,3-5,12H2,1-2H3. The molecule has 0 aromatic heterocycles. The molecule has 0 unspecified atom stereocenters. The van der Waals surface area contributed by atoms with E-state index in [1.807, 2.05) is 0 Å². The Morgan fingerprint density at radius 1 is 0.963 bits per heavy atom. The first-order valence-electron chi connectivity index (χ1n) is 8.60. The Morgan fingerprint density at radius 3 is 2.30 bits per heavy atom. The van der Waals surface area contributed by atoms with Crippen LogP contribution < -0.4 is 19.1 Å². The second kappa shape index (κ2) is 7.87. The third-order valence-corrected chi connectivity index (χ3v) is 5.82. The van der Waals surface area contributed by atoms with E-state index in [0.29, 0.717) is 35.8 Å². The van der Waals surface area contributed by atoms with Gasteiger partial charge < -0.3 is 14.4 Å². The highest BCUT2D eigenvalue weighted by Gasteiger charge is 2.21. The van der Waals surface area contributed by atoms with Crippen molar-refractivity contribution in [2.45, 2.75) is 24.2 Å². The fourth-order valence-electron chi connectivity index (χ4n) is 3.00. The van der Waals surface area contributed by atoms with Crippen LogP contribution in [-0.4, -0.2) is 35.1 Å². The number of methoxy groups -OCH3 is 2. The second-order valence-electron chi connectivity index (χ2n) is 6.17. The molecule has 1 aliphatic rings. The Morgan fingerprint density at radius 2 is 1.67 bits per heavy atom. The molecular formula is C19H22N2O5S. The van der Waals surface area contributed by atoms with Crippen molar-refractivity contribution in [3.8, 4) is 11.5 Å². The van der Waals surface area contributed by atoms with E-state index >= 15 is 0 Å². The zero-order valence-electron chi connectivity index (χ0n) is 15.3. The molecule has 1 fully saturated rings. The molecule has 0 spiro atoms. The number of amides is 1. The maximum Gasteiger partial charge on any atom is 0.261 e. The predicted molar refractivity (Wildman–Crippen MR) is 103 cm³/mol. The number of anilines is 2. The Balaban J connectivity index is 1.80. The molecule has 144 valence electrons. The van der Waals surface area contributed by atoms with E-state index < -0.39 is 10.0 Å². The zero-order chi connectivity index (χ0) is 19.4. The fourth-order valence-corrected chi connectivity index (χ4v) is 4.05. The minimum absolute atomic E-state index is 0.0697. The van der Waals surface area contributed by atoms with Crippen LogP contribution in [0.2, 0.25) is 0 Å². The summed E-state index contributed by atoms with van der Waals surface area (Å²) in [5.74, 6) is 1.01. The molecule has 1 N–H and O–H groups in total. The second-order valence-corrected chi connectivity index (χ2v) is 7.85. The minimum atomic E-state index is -3.77. The molecule has 1 aliphatic heterocycles. The lowest BCUT2D eigenvalue weighted by atomic mass is 10.1. The van der Waals surface area contributed by atoms with Crippen LogP contribution in [0.5, 0.6) is 11.5 Å². The van der Waals surface area contributed by atoms with Gasteiger partial charge in [0.2, 0.25) is 5.91 Å². The van der Waals surface area contributed by atoms with Crippen LogP contribution in [0.4, 0.5) is 11.4 Å². The first kappa shape index (κ1) is 19.0. The molecule has 0 radical (unpaired) electrons. The van der Waals surface area contributed by atoms with E-state index in [1.165, 1.54) is 26.4 Å². The first-order chi connectivity index (χ1) is 12.9. The average molecular weight is 390 g/mol. The number of hydrogen-bond acceptors (Lipinski definition) is 5. The molecule has 1 saturated heterocycles. The number of carbonyl (C=O) groups excluding carboxylic acids is 1. The lowest BCUT2D eigenvalue weighted by molar-refractivity contribution is -0.119. The molecule has 1 heterocycles. The van der Waals surface area contributed by atoms with Gasteiger partial charge in [0, 0.05) is 24.7 Å². The number of piperidine rings is 1. The van der Waals surface area contributed by atoms with Gasteiger partial charge in [-0.1, -0.05) is 0 Å². The predicted octanol–water partition coefficient (Wildman–Crippen LogP) is 3.02. The molecule has 27 heavy (non-hydrogen) atoms. The number of benzene rings is 2. The molecule has 2 aromatic carbocycles. The van der Waals surface area contributed by atoms with Crippen molar-refractivity contribution in [1.29, 1.82) is 0 Å². The maximum atomic E-state index is 12.6. The average Bonchev–Trinajstić information content (AvgIpc) is 2.68. The Hall–Kier alpha value is -2.74. The normalized spacial score (nSPS) is 14.7. The van der Waals surface area contributed by atoms with Crippen molar-refractivity contribution in [2.24, 2.45) is 0 Å². The van der Waals surface area contributed by atoms with Gasteiger partial charge in [-0.2, -0.15) is 0 Å². The summed E-state index contributed by atoms with van der Waals surface area (Å²) in [4.78, 5) is 13.8. The zero-order valence-corrected chi connectivity index (χ0v) is 16.1. The van der Waals surface area contributed by atoms with E-state index in [-0.39, 0.29) is 10.8 Å². The molecule has 0 bridgehead atoms. The third-order valence-electron chi connectivity index (χ3n) is 4.42. The number of nitrogens with one attached hydrogen (secondary N) is 1. The topological polar surface area (TPSA) is 84.9 Å². The minimum Gasteiger partial charge on any atom is -0.493 e. The van der Waals surface area contributed by atoms with E-state index in [2.05, 4.69) is 4.72 Å². The number of nitrogens with zero attached hydrogens (tertiary/aromatic N) is 1. The monoisotopic (exact) mass is 390 g/mol. The highest BCUT2D eigenvalue weighted by atomic mass is 32.2. The van der Waals surface area contributed by atoms with Crippen LogP contribution in [0.15, 0.2) is 47.4 Å². The lowest BCUT2D eigenvalue weighted by Crippen LogP contribution is -2.35. The quantitative estimate of drug-likeness (QED) is 0.820. The van der Waals surface area contributed by atoms with Crippen LogP contribution in [0.3, 0.4) is 0 Å². The molecule has 7 nitrogen and oxygen atoms in total. The Kier molecular flexibility index (Phi) is 5.55. The molecule has 3 rings (SSSR count). The molecule has 1 amide bonds. The molecule has 2 aromatic rings. The van der Waals surface area contributed by atoms with Crippen LogP contribution in [0.25, 0.3) is 0 Å². The van der Waals surface area contributed by atoms with Gasteiger partial charge in [0.1, 0.15) is 0 Å². The van der Waals surface area contributed by atoms with Crippen molar-refractivity contribution in [3.63, 3.8) is 0 Å². The van der Waals surface area contributed by atoms with Crippen LogP contribution in [-0.2, 0) is 14.8 Å². The van der Waals surface area contributed by atoms with Gasteiger partial charge >= 0.3 is 0 Å². The van der Waals surface area contributed by atoms with E-state index in [1.54, 1.807) is 35.2 Å². The summed E-state index contributed by atoms with van der Waals surface area (Å²) in [7, 11) is -0.776. The molecule has 0 aliphatic carbocycles. The fraction of sp³-hybridized carbons (Fsp3) is 0.316. The number of carbonyl (C=O) groups is 1. The summed E-state index contributed by atoms with van der Waals surface area (Å²) in [5.41, 5.74) is 1.08. The number of hydrogen-bond donors (Lipinski definition) is 1. The largest absolute Gasteiger partial charge is 0.493 e. The smallest absolute Gasteiger partial charge is 0.261 e. The molecule has 0 atom stereocenters. The molecule has 0 saturated carbocycles. The highest BCUT2D eigenvalue weighted by Crippen LogP contribution is 2.31. The Labute approximate surface area is 158 Å². The number of sulfonamides is 1. The van der Waals surface area contributed by atoms with Crippen LogP contribution in [0, 0.1) is 0 Å². The summed E-state index contributed by atoms with van der Waals surface area (Å²) in [6.45, 7) is 0.662. The summed E-state index contributed by atoms with van der Waals surface area (Å²) in [6, 6.07) is 11.1. The van der Waals surface area contributed by atoms with E-state index in [9.17, 15) is 13.2 Å². The van der Waals surface area contributed by atoms with Crippen molar-refractivity contribution in [1.82, 2.24) is 0 Å².